The third-order valence-corrected chi connectivity index (χ3v) is 5.26. The lowest BCUT2D eigenvalue weighted by atomic mass is 9.91. The molecule has 3 nitrogen and oxygen atoms in total. The van der Waals surface area contributed by atoms with Crippen molar-refractivity contribution in [3.63, 3.8) is 0 Å². The molecular weight excluding hydrogens is 284 g/mol. The van der Waals surface area contributed by atoms with Crippen LogP contribution in [0, 0.1) is 0 Å². The van der Waals surface area contributed by atoms with E-state index in [0.717, 1.165) is 49.9 Å². The first kappa shape index (κ1) is 15.1. The molecule has 1 aromatic carbocycles. The largest absolute Gasteiger partial charge is 0.493 e. The Kier molecular flexibility index (Phi) is 4.17. The second-order valence-electron chi connectivity index (χ2n) is 6.66. The van der Waals surface area contributed by atoms with Crippen LogP contribution < -0.4 is 10.1 Å². The van der Waals surface area contributed by atoms with E-state index < -0.39 is 0 Å². The molecular formula is C17H25ClN2O. The van der Waals surface area contributed by atoms with Crippen molar-refractivity contribution in [1.82, 2.24) is 10.2 Å². The Morgan fingerprint density at radius 3 is 3.05 bits per heavy atom. The van der Waals surface area contributed by atoms with E-state index in [4.69, 9.17) is 16.3 Å². The van der Waals surface area contributed by atoms with E-state index in [9.17, 15) is 0 Å². The predicted octanol–water partition coefficient (Wildman–Crippen LogP) is 3.24. The summed E-state index contributed by atoms with van der Waals surface area (Å²) < 4.78 is 5.85. The lowest BCUT2D eigenvalue weighted by Crippen LogP contribution is -2.61. The van der Waals surface area contributed by atoms with Gasteiger partial charge >= 0.3 is 0 Å². The monoisotopic (exact) mass is 308 g/mol. The van der Waals surface area contributed by atoms with Gasteiger partial charge in [-0.15, -0.1) is 0 Å². The van der Waals surface area contributed by atoms with Gasteiger partial charge in [0.25, 0.3) is 0 Å². The zero-order valence-electron chi connectivity index (χ0n) is 13.2. The Labute approximate surface area is 132 Å². The number of rotatable bonds is 3. The molecule has 0 spiro atoms. The van der Waals surface area contributed by atoms with Crippen LogP contribution in [0.2, 0.25) is 5.02 Å². The fourth-order valence-electron chi connectivity index (χ4n) is 3.39. The minimum atomic E-state index is 0.195. The molecule has 0 saturated carbocycles. The van der Waals surface area contributed by atoms with Gasteiger partial charge in [-0.05, 0) is 38.0 Å². The highest BCUT2D eigenvalue weighted by Crippen LogP contribution is 2.35. The van der Waals surface area contributed by atoms with Crippen LogP contribution in [-0.2, 0) is 13.0 Å². The molecule has 0 radical (unpaired) electrons. The fraction of sp³-hybridized carbons (Fsp3) is 0.647. The normalized spacial score (nSPS) is 29.2. The van der Waals surface area contributed by atoms with Crippen LogP contribution in [0.25, 0.3) is 0 Å². The van der Waals surface area contributed by atoms with Gasteiger partial charge in [0, 0.05) is 48.2 Å². The maximum atomic E-state index is 6.29. The van der Waals surface area contributed by atoms with Gasteiger partial charge in [0.15, 0.2) is 0 Å². The average molecular weight is 309 g/mol. The first-order valence-corrected chi connectivity index (χ1v) is 8.32. The Bertz CT molecular complexity index is 534. The van der Waals surface area contributed by atoms with Gasteiger partial charge < -0.3 is 10.1 Å². The predicted molar refractivity (Wildman–Crippen MR) is 87.2 cm³/mol. The van der Waals surface area contributed by atoms with E-state index in [0.29, 0.717) is 6.04 Å². The van der Waals surface area contributed by atoms with Crippen molar-refractivity contribution in [2.45, 2.75) is 51.7 Å². The van der Waals surface area contributed by atoms with Crippen LogP contribution in [0.5, 0.6) is 5.75 Å². The standard InChI is InChI=1S/C17H25ClN2O/c1-4-17(3)11-19-12(2)9-20(17)10-14-8-15(18)7-13-5-6-21-16(13)14/h7-8,12,19H,4-6,9-11H2,1-3H3. The zero-order chi connectivity index (χ0) is 15.0. The highest BCUT2D eigenvalue weighted by atomic mass is 35.5. The lowest BCUT2D eigenvalue weighted by Gasteiger charge is -2.47. The number of benzene rings is 1. The Balaban J connectivity index is 1.88. The van der Waals surface area contributed by atoms with Crippen molar-refractivity contribution >= 4 is 11.6 Å². The Morgan fingerprint density at radius 1 is 1.48 bits per heavy atom. The molecule has 4 heteroatoms. The minimum Gasteiger partial charge on any atom is -0.493 e. The Hall–Kier alpha value is -0.770. The molecule has 1 fully saturated rings. The van der Waals surface area contributed by atoms with Crippen molar-refractivity contribution in [3.05, 3.63) is 28.3 Å². The third kappa shape index (κ3) is 2.92. The summed E-state index contributed by atoms with van der Waals surface area (Å²) >= 11 is 6.29. The molecule has 21 heavy (non-hydrogen) atoms. The summed E-state index contributed by atoms with van der Waals surface area (Å²) in [4.78, 5) is 2.59. The molecule has 2 heterocycles. The SMILES string of the molecule is CCC1(C)CNC(C)CN1Cc1cc(Cl)cc2c1OCC2. The molecule has 1 saturated heterocycles. The maximum Gasteiger partial charge on any atom is 0.127 e. The molecule has 0 aliphatic carbocycles. The van der Waals surface area contributed by atoms with E-state index in [1.54, 1.807) is 0 Å². The van der Waals surface area contributed by atoms with Gasteiger partial charge in [0.05, 0.1) is 6.61 Å². The number of hydrogen-bond donors (Lipinski definition) is 1. The van der Waals surface area contributed by atoms with Gasteiger partial charge in [-0.25, -0.2) is 0 Å². The van der Waals surface area contributed by atoms with Crippen molar-refractivity contribution in [2.75, 3.05) is 19.7 Å². The smallest absolute Gasteiger partial charge is 0.127 e. The molecule has 2 aliphatic heterocycles. The van der Waals surface area contributed by atoms with E-state index in [-0.39, 0.29) is 5.54 Å². The number of piperazine rings is 1. The molecule has 3 rings (SSSR count). The summed E-state index contributed by atoms with van der Waals surface area (Å²) in [5.74, 6) is 1.07. The molecule has 1 N–H and O–H groups in total. The molecule has 0 bridgehead atoms. The summed E-state index contributed by atoms with van der Waals surface area (Å²) in [6.07, 6.45) is 2.11. The highest BCUT2D eigenvalue weighted by molar-refractivity contribution is 6.30. The first-order chi connectivity index (χ1) is 10.0. The summed E-state index contributed by atoms with van der Waals surface area (Å²) in [6.45, 7) is 10.7. The molecule has 1 aromatic rings. The maximum absolute atomic E-state index is 6.29. The summed E-state index contributed by atoms with van der Waals surface area (Å²) in [5.41, 5.74) is 2.70. The van der Waals surface area contributed by atoms with E-state index in [1.807, 2.05) is 6.07 Å². The van der Waals surface area contributed by atoms with Crippen LogP contribution in [0.3, 0.4) is 0 Å². The molecule has 0 aromatic heterocycles. The van der Waals surface area contributed by atoms with Crippen molar-refractivity contribution in [3.8, 4) is 5.75 Å². The first-order valence-electron chi connectivity index (χ1n) is 7.94. The molecule has 2 unspecified atom stereocenters. The summed E-state index contributed by atoms with van der Waals surface area (Å²) in [7, 11) is 0. The van der Waals surface area contributed by atoms with E-state index in [2.05, 4.69) is 37.1 Å². The van der Waals surface area contributed by atoms with Gasteiger partial charge in [0.2, 0.25) is 0 Å². The van der Waals surface area contributed by atoms with Crippen LogP contribution >= 0.6 is 11.6 Å². The number of nitrogens with zero attached hydrogens (tertiary/aromatic N) is 1. The topological polar surface area (TPSA) is 24.5 Å². The molecule has 2 atom stereocenters. The zero-order valence-corrected chi connectivity index (χ0v) is 14.0. The van der Waals surface area contributed by atoms with Gasteiger partial charge in [-0.3, -0.25) is 4.90 Å². The van der Waals surface area contributed by atoms with E-state index in [1.165, 1.54) is 11.1 Å². The van der Waals surface area contributed by atoms with E-state index >= 15 is 0 Å². The van der Waals surface area contributed by atoms with Crippen LogP contribution in [0.4, 0.5) is 0 Å². The second kappa shape index (κ2) is 5.79. The van der Waals surface area contributed by atoms with Gasteiger partial charge in [-0.1, -0.05) is 18.5 Å². The van der Waals surface area contributed by atoms with Crippen molar-refractivity contribution < 1.29 is 4.74 Å². The van der Waals surface area contributed by atoms with Crippen LogP contribution in [0.1, 0.15) is 38.3 Å². The fourth-order valence-corrected chi connectivity index (χ4v) is 3.66. The molecule has 116 valence electrons. The molecule has 2 aliphatic rings. The number of hydrogen-bond acceptors (Lipinski definition) is 3. The third-order valence-electron chi connectivity index (χ3n) is 5.04. The van der Waals surface area contributed by atoms with Gasteiger partial charge in [0.1, 0.15) is 5.75 Å². The number of fused-ring (bicyclic) bond motifs is 1. The quantitative estimate of drug-likeness (QED) is 0.928. The minimum absolute atomic E-state index is 0.195. The number of ether oxygens (including phenoxy) is 1. The highest BCUT2D eigenvalue weighted by Gasteiger charge is 2.35. The van der Waals surface area contributed by atoms with Crippen LogP contribution in [0.15, 0.2) is 12.1 Å². The second-order valence-corrected chi connectivity index (χ2v) is 7.10. The molecule has 0 amide bonds. The summed E-state index contributed by atoms with van der Waals surface area (Å²) in [6, 6.07) is 4.65. The van der Waals surface area contributed by atoms with Crippen LogP contribution in [-0.4, -0.2) is 36.2 Å². The summed E-state index contributed by atoms with van der Waals surface area (Å²) in [5, 5.41) is 4.43. The van der Waals surface area contributed by atoms with Crippen molar-refractivity contribution in [2.24, 2.45) is 0 Å². The Morgan fingerprint density at radius 2 is 2.29 bits per heavy atom. The average Bonchev–Trinajstić information content (AvgIpc) is 2.91. The number of nitrogens with one attached hydrogen (secondary N) is 1. The lowest BCUT2D eigenvalue weighted by molar-refractivity contribution is 0.0447. The number of halogens is 1. The van der Waals surface area contributed by atoms with Crippen molar-refractivity contribution in [1.29, 1.82) is 0 Å². The van der Waals surface area contributed by atoms with Gasteiger partial charge in [-0.2, -0.15) is 0 Å².